The van der Waals surface area contributed by atoms with Gasteiger partial charge in [0.2, 0.25) is 17.7 Å². The van der Waals surface area contributed by atoms with Crippen molar-refractivity contribution in [3.8, 4) is 0 Å². The Hall–Kier alpha value is -3.14. The first-order valence-corrected chi connectivity index (χ1v) is 15.0. The summed E-state index contributed by atoms with van der Waals surface area (Å²) in [6.45, 7) is 5.21. The first-order valence-electron chi connectivity index (χ1n) is 15.0. The number of fused-ring (bicyclic) bond motifs is 1. The summed E-state index contributed by atoms with van der Waals surface area (Å²) < 4.78 is 5.27. The second kappa shape index (κ2) is 14.7. The number of nitrogens with zero attached hydrogens (tertiary/aromatic N) is 2. The number of amides is 4. The smallest absolute Gasteiger partial charge is 0.410 e. The van der Waals surface area contributed by atoms with Crippen LogP contribution in [0, 0.1) is 5.92 Å². The molecule has 3 atom stereocenters. The quantitative estimate of drug-likeness (QED) is 0.478. The molecule has 4 amide bonds. The molecule has 1 saturated carbocycles. The summed E-state index contributed by atoms with van der Waals surface area (Å²) in [5.41, 5.74) is 13.9. The van der Waals surface area contributed by atoms with Gasteiger partial charge < -0.3 is 31.3 Å². The Morgan fingerprint density at radius 1 is 1.02 bits per heavy atom. The Bertz CT molecular complexity index is 1040. The molecule has 5 N–H and O–H groups in total. The number of carbonyl (C=O) groups is 4. The fraction of sp³-hybridized carbons (Fsp3) is 0.677. The highest BCUT2D eigenvalue weighted by molar-refractivity contribution is 5.93. The van der Waals surface area contributed by atoms with Crippen LogP contribution in [0.4, 0.5) is 4.79 Å². The number of likely N-dealkylation sites (tertiary alicyclic amines) is 1. The number of benzene rings is 1. The van der Waals surface area contributed by atoms with E-state index in [1.54, 1.807) is 31.9 Å². The van der Waals surface area contributed by atoms with Crippen LogP contribution in [-0.4, -0.2) is 77.5 Å². The van der Waals surface area contributed by atoms with Crippen molar-refractivity contribution in [3.05, 3.63) is 35.4 Å². The van der Waals surface area contributed by atoms with Gasteiger partial charge in [-0.2, -0.15) is 0 Å². The van der Waals surface area contributed by atoms with Gasteiger partial charge in [-0.1, -0.05) is 43.5 Å². The maximum Gasteiger partial charge on any atom is 0.410 e. The average molecular weight is 572 g/mol. The number of ether oxygens (including phenoxy) is 1. The lowest BCUT2D eigenvalue weighted by Gasteiger charge is -2.34. The SMILES string of the molecule is CN(CC(=O)NC(C(=O)N1CC(N)CC1C(N)=O)C1CCCCC1)C(=O)OC(C)(C)C.c1ccc2c(c1)CCCC2. The lowest BCUT2D eigenvalue weighted by atomic mass is 9.83. The van der Waals surface area contributed by atoms with Crippen molar-refractivity contribution in [2.45, 2.75) is 109 Å². The third kappa shape index (κ3) is 9.73. The lowest BCUT2D eigenvalue weighted by Crippen LogP contribution is -2.57. The Morgan fingerprint density at radius 2 is 1.61 bits per heavy atom. The third-order valence-corrected chi connectivity index (χ3v) is 8.00. The Labute approximate surface area is 244 Å². The van der Waals surface area contributed by atoms with E-state index in [1.807, 2.05) is 0 Å². The van der Waals surface area contributed by atoms with Crippen LogP contribution in [0.5, 0.6) is 0 Å². The van der Waals surface area contributed by atoms with E-state index in [-0.39, 0.29) is 31.0 Å². The van der Waals surface area contributed by atoms with Crippen LogP contribution in [0.1, 0.15) is 83.3 Å². The van der Waals surface area contributed by atoms with Crippen LogP contribution in [0.3, 0.4) is 0 Å². The van der Waals surface area contributed by atoms with Crippen molar-refractivity contribution in [2.24, 2.45) is 17.4 Å². The number of aryl methyl sites for hydroxylation is 2. The number of primary amides is 1. The van der Waals surface area contributed by atoms with Gasteiger partial charge in [0.1, 0.15) is 24.2 Å². The molecule has 2 aliphatic carbocycles. The van der Waals surface area contributed by atoms with E-state index in [0.717, 1.165) is 32.1 Å². The minimum atomic E-state index is -0.785. The van der Waals surface area contributed by atoms with Crippen LogP contribution >= 0.6 is 0 Å². The first-order chi connectivity index (χ1) is 19.4. The predicted octanol–water partition coefficient (Wildman–Crippen LogP) is 2.90. The van der Waals surface area contributed by atoms with Crippen molar-refractivity contribution < 1.29 is 23.9 Å². The molecule has 0 bridgehead atoms. The molecule has 3 unspecified atom stereocenters. The van der Waals surface area contributed by atoms with Crippen LogP contribution < -0.4 is 16.8 Å². The third-order valence-electron chi connectivity index (χ3n) is 8.00. The van der Waals surface area contributed by atoms with E-state index in [1.165, 1.54) is 42.5 Å². The molecule has 228 valence electrons. The monoisotopic (exact) mass is 571 g/mol. The van der Waals surface area contributed by atoms with Crippen LogP contribution in [0.25, 0.3) is 0 Å². The predicted molar refractivity (Wildman–Crippen MR) is 158 cm³/mol. The van der Waals surface area contributed by atoms with Crippen LogP contribution in [-0.2, 0) is 32.0 Å². The summed E-state index contributed by atoms with van der Waals surface area (Å²) in [5, 5.41) is 2.81. The highest BCUT2D eigenvalue weighted by atomic mass is 16.6. The number of hydrogen-bond acceptors (Lipinski definition) is 6. The molecule has 1 heterocycles. The molecule has 1 aromatic rings. The zero-order chi connectivity index (χ0) is 30.2. The lowest BCUT2D eigenvalue weighted by molar-refractivity contribution is -0.142. The largest absolute Gasteiger partial charge is 0.444 e. The maximum absolute atomic E-state index is 13.4. The number of rotatable bonds is 6. The van der Waals surface area contributed by atoms with Crippen molar-refractivity contribution in [1.82, 2.24) is 15.1 Å². The van der Waals surface area contributed by atoms with E-state index >= 15 is 0 Å². The fourth-order valence-corrected chi connectivity index (χ4v) is 5.92. The van der Waals surface area contributed by atoms with E-state index < -0.39 is 35.6 Å². The van der Waals surface area contributed by atoms with E-state index in [2.05, 4.69) is 29.6 Å². The van der Waals surface area contributed by atoms with Gasteiger partial charge in [-0.15, -0.1) is 0 Å². The number of likely N-dealkylation sites (N-methyl/N-ethyl adjacent to an activating group) is 1. The Kier molecular flexibility index (Phi) is 11.6. The number of nitrogens with two attached hydrogens (primary N) is 2. The Balaban J connectivity index is 0.000000382. The maximum atomic E-state index is 13.4. The highest BCUT2D eigenvalue weighted by Gasteiger charge is 2.42. The first kappa shape index (κ1) is 32.4. The van der Waals surface area contributed by atoms with Gasteiger partial charge in [-0.05, 0) is 82.8 Å². The molecular weight excluding hydrogens is 522 g/mol. The molecule has 1 aromatic carbocycles. The van der Waals surface area contributed by atoms with Gasteiger partial charge >= 0.3 is 6.09 Å². The molecule has 10 heteroatoms. The minimum absolute atomic E-state index is 0.0395. The minimum Gasteiger partial charge on any atom is -0.444 e. The summed E-state index contributed by atoms with van der Waals surface area (Å²) in [4.78, 5) is 52.7. The van der Waals surface area contributed by atoms with E-state index in [0.29, 0.717) is 6.42 Å². The summed E-state index contributed by atoms with van der Waals surface area (Å²) in [6, 6.07) is 6.92. The molecule has 0 aromatic heterocycles. The van der Waals surface area contributed by atoms with Crippen molar-refractivity contribution in [2.75, 3.05) is 20.1 Å². The van der Waals surface area contributed by atoms with Gasteiger partial charge in [0, 0.05) is 19.6 Å². The molecule has 1 saturated heterocycles. The molecule has 10 nitrogen and oxygen atoms in total. The molecule has 41 heavy (non-hydrogen) atoms. The zero-order valence-corrected chi connectivity index (χ0v) is 25.2. The summed E-state index contributed by atoms with van der Waals surface area (Å²) >= 11 is 0. The zero-order valence-electron chi connectivity index (χ0n) is 25.2. The molecule has 4 rings (SSSR count). The van der Waals surface area contributed by atoms with Crippen LogP contribution in [0.15, 0.2) is 24.3 Å². The fourth-order valence-electron chi connectivity index (χ4n) is 5.92. The molecular formula is C31H49N5O5. The van der Waals surface area contributed by atoms with Crippen molar-refractivity contribution in [1.29, 1.82) is 0 Å². The van der Waals surface area contributed by atoms with Gasteiger partial charge in [-0.3, -0.25) is 14.4 Å². The Morgan fingerprint density at radius 3 is 2.15 bits per heavy atom. The molecule has 1 aliphatic heterocycles. The molecule has 2 fully saturated rings. The number of nitrogens with one attached hydrogen (secondary N) is 1. The van der Waals surface area contributed by atoms with Crippen LogP contribution in [0.2, 0.25) is 0 Å². The summed E-state index contributed by atoms with van der Waals surface area (Å²) in [5.74, 6) is -1.43. The number of hydrogen-bond donors (Lipinski definition) is 3. The molecule has 0 radical (unpaired) electrons. The molecule has 0 spiro atoms. The van der Waals surface area contributed by atoms with Crippen molar-refractivity contribution in [3.63, 3.8) is 0 Å². The second-order valence-electron chi connectivity index (χ2n) is 12.7. The van der Waals surface area contributed by atoms with Gasteiger partial charge in [-0.25, -0.2) is 4.79 Å². The van der Waals surface area contributed by atoms with Gasteiger partial charge in [0.15, 0.2) is 0 Å². The summed E-state index contributed by atoms with van der Waals surface area (Å²) in [7, 11) is 1.47. The average Bonchev–Trinajstić information content (AvgIpc) is 3.33. The van der Waals surface area contributed by atoms with Crippen molar-refractivity contribution >= 4 is 23.8 Å². The van der Waals surface area contributed by atoms with E-state index in [9.17, 15) is 19.2 Å². The van der Waals surface area contributed by atoms with E-state index in [4.69, 9.17) is 16.2 Å². The standard InChI is InChI=1S/C21H37N5O5.C10H12/c1-21(2,3)31-20(30)25(4)12-16(27)24-17(13-8-6-5-7-9-13)19(29)26-11-14(22)10-15(26)18(23)28;1-2-6-10-8-4-3-7-9(10)5-1/h13-15,17H,5-12,22H2,1-4H3,(H2,23,28)(H,24,27);1-2,5-6H,3-4,7-8H2. The number of carbonyl (C=O) groups excluding carboxylic acids is 4. The molecule has 3 aliphatic rings. The summed E-state index contributed by atoms with van der Waals surface area (Å²) in [6.07, 6.45) is 9.71. The normalized spacial score (nSPS) is 21.5. The van der Waals surface area contributed by atoms with Gasteiger partial charge in [0.25, 0.3) is 0 Å². The second-order valence-corrected chi connectivity index (χ2v) is 12.7. The highest BCUT2D eigenvalue weighted by Crippen LogP contribution is 2.29. The van der Waals surface area contributed by atoms with Gasteiger partial charge in [0.05, 0.1) is 0 Å². The topological polar surface area (TPSA) is 148 Å².